The third-order valence-electron chi connectivity index (χ3n) is 3.67. The van der Waals surface area contributed by atoms with Crippen molar-refractivity contribution in [2.75, 3.05) is 6.54 Å². The van der Waals surface area contributed by atoms with Crippen LogP contribution in [0.1, 0.15) is 24.8 Å². The number of rotatable bonds is 5. The van der Waals surface area contributed by atoms with Gasteiger partial charge >= 0.3 is 5.97 Å². The van der Waals surface area contributed by atoms with E-state index in [2.05, 4.69) is 5.32 Å². The highest BCUT2D eigenvalue weighted by atomic mass is 35.5. The minimum Gasteiger partial charge on any atom is -0.481 e. The number of benzene rings is 1. The van der Waals surface area contributed by atoms with Gasteiger partial charge in [-0.2, -0.15) is 0 Å². The Morgan fingerprint density at radius 3 is 2.37 bits per heavy atom. The maximum Gasteiger partial charge on any atom is 0.311 e. The van der Waals surface area contributed by atoms with Gasteiger partial charge in [0, 0.05) is 11.6 Å². The van der Waals surface area contributed by atoms with Gasteiger partial charge < -0.3 is 10.4 Å². The van der Waals surface area contributed by atoms with Gasteiger partial charge in [0.15, 0.2) is 0 Å². The zero-order valence-corrected chi connectivity index (χ0v) is 11.2. The molecule has 0 aliphatic heterocycles. The number of amides is 1. The second-order valence-corrected chi connectivity index (χ2v) is 5.46. The van der Waals surface area contributed by atoms with Gasteiger partial charge in [-0.3, -0.25) is 9.59 Å². The molecule has 1 aromatic carbocycles. The Balaban J connectivity index is 1.85. The molecular weight excluding hydrogens is 266 g/mol. The van der Waals surface area contributed by atoms with E-state index in [0.717, 1.165) is 12.0 Å². The van der Waals surface area contributed by atoms with Gasteiger partial charge in [-0.25, -0.2) is 0 Å². The minimum absolute atomic E-state index is 0.158. The van der Waals surface area contributed by atoms with Gasteiger partial charge in [0.25, 0.3) is 0 Å². The fourth-order valence-electron chi connectivity index (χ4n) is 2.19. The summed E-state index contributed by atoms with van der Waals surface area (Å²) in [4.78, 5) is 22.9. The van der Waals surface area contributed by atoms with Crippen LogP contribution in [0.4, 0.5) is 0 Å². The van der Waals surface area contributed by atoms with Crippen LogP contribution in [0, 0.1) is 5.41 Å². The van der Waals surface area contributed by atoms with Crippen LogP contribution in [0.2, 0.25) is 5.02 Å². The van der Waals surface area contributed by atoms with E-state index in [1.165, 1.54) is 0 Å². The van der Waals surface area contributed by atoms with Gasteiger partial charge in [0.1, 0.15) is 0 Å². The summed E-state index contributed by atoms with van der Waals surface area (Å²) in [5.74, 6) is -0.972. The number of carboxylic acid groups (broad SMARTS) is 1. The first kappa shape index (κ1) is 13.9. The molecule has 1 aromatic rings. The molecule has 2 N–H and O–H groups in total. The minimum atomic E-state index is -0.814. The lowest BCUT2D eigenvalue weighted by molar-refractivity contribution is -0.154. The Labute approximate surface area is 116 Å². The summed E-state index contributed by atoms with van der Waals surface area (Å²) in [5, 5.41) is 12.5. The van der Waals surface area contributed by atoms with E-state index in [1.54, 1.807) is 24.3 Å². The van der Waals surface area contributed by atoms with Crippen LogP contribution in [-0.4, -0.2) is 23.5 Å². The Hall–Kier alpha value is -1.55. The van der Waals surface area contributed by atoms with Crippen molar-refractivity contribution in [1.29, 1.82) is 0 Å². The lowest BCUT2D eigenvalue weighted by Crippen LogP contribution is -2.47. The summed E-state index contributed by atoms with van der Waals surface area (Å²) in [6.07, 6.45) is 2.44. The molecule has 0 unspecified atom stereocenters. The van der Waals surface area contributed by atoms with Crippen molar-refractivity contribution in [3.05, 3.63) is 34.9 Å². The van der Waals surface area contributed by atoms with Gasteiger partial charge in [0.05, 0.1) is 11.8 Å². The molecule has 0 saturated heterocycles. The van der Waals surface area contributed by atoms with Gasteiger partial charge in [-0.1, -0.05) is 30.2 Å². The normalized spacial score (nSPS) is 16.5. The van der Waals surface area contributed by atoms with Crippen LogP contribution in [0.3, 0.4) is 0 Å². The van der Waals surface area contributed by atoms with Crippen molar-refractivity contribution in [2.45, 2.75) is 25.7 Å². The molecule has 5 heteroatoms. The average molecular weight is 282 g/mol. The predicted octanol–water partition coefficient (Wildman–Crippen LogP) is 2.25. The molecule has 2 rings (SSSR count). The highest BCUT2D eigenvalue weighted by Gasteiger charge is 2.44. The summed E-state index contributed by atoms with van der Waals surface area (Å²) in [7, 11) is 0. The largest absolute Gasteiger partial charge is 0.481 e. The Morgan fingerprint density at radius 1 is 1.26 bits per heavy atom. The van der Waals surface area contributed by atoms with Crippen molar-refractivity contribution < 1.29 is 14.7 Å². The molecule has 1 aliphatic carbocycles. The summed E-state index contributed by atoms with van der Waals surface area (Å²) in [5.41, 5.74) is 0.121. The highest BCUT2D eigenvalue weighted by molar-refractivity contribution is 6.30. The monoisotopic (exact) mass is 281 g/mol. The number of halogens is 1. The summed E-state index contributed by atoms with van der Waals surface area (Å²) < 4.78 is 0. The first-order valence-electron chi connectivity index (χ1n) is 6.26. The van der Waals surface area contributed by atoms with Gasteiger partial charge in [-0.15, -0.1) is 0 Å². The first-order valence-corrected chi connectivity index (χ1v) is 6.64. The molecule has 0 aromatic heterocycles. The van der Waals surface area contributed by atoms with Crippen molar-refractivity contribution >= 4 is 23.5 Å². The predicted molar refractivity (Wildman–Crippen MR) is 72.1 cm³/mol. The van der Waals surface area contributed by atoms with Crippen LogP contribution in [0.15, 0.2) is 24.3 Å². The topological polar surface area (TPSA) is 66.4 Å². The SMILES string of the molecule is O=C(Cc1ccc(Cl)cc1)NCC1(C(=O)O)CCC1. The van der Waals surface area contributed by atoms with Gasteiger partial charge in [-0.05, 0) is 30.5 Å². The van der Waals surface area contributed by atoms with E-state index in [1.807, 2.05) is 0 Å². The molecule has 4 nitrogen and oxygen atoms in total. The van der Waals surface area contributed by atoms with E-state index < -0.39 is 11.4 Å². The van der Waals surface area contributed by atoms with E-state index in [4.69, 9.17) is 16.7 Å². The molecule has 0 bridgehead atoms. The van der Waals surface area contributed by atoms with E-state index >= 15 is 0 Å². The van der Waals surface area contributed by atoms with Crippen molar-refractivity contribution in [1.82, 2.24) is 5.32 Å². The zero-order chi connectivity index (χ0) is 13.9. The molecule has 0 heterocycles. The number of aliphatic carboxylic acids is 1. The lowest BCUT2D eigenvalue weighted by atomic mass is 9.69. The Morgan fingerprint density at radius 2 is 1.89 bits per heavy atom. The molecule has 0 radical (unpaired) electrons. The second-order valence-electron chi connectivity index (χ2n) is 5.02. The molecular formula is C14H16ClNO3. The molecule has 1 saturated carbocycles. The Kier molecular flexibility index (Phi) is 4.10. The summed E-state index contributed by atoms with van der Waals surface area (Å²) in [6.45, 7) is 0.217. The maximum absolute atomic E-state index is 11.8. The zero-order valence-electron chi connectivity index (χ0n) is 10.5. The second kappa shape index (κ2) is 5.61. The van der Waals surface area contributed by atoms with Crippen molar-refractivity contribution in [3.8, 4) is 0 Å². The first-order chi connectivity index (χ1) is 9.02. The van der Waals surface area contributed by atoms with E-state index in [-0.39, 0.29) is 18.9 Å². The van der Waals surface area contributed by atoms with Crippen LogP contribution in [0.5, 0.6) is 0 Å². The molecule has 0 spiro atoms. The van der Waals surface area contributed by atoms with Crippen LogP contribution >= 0.6 is 11.6 Å². The average Bonchev–Trinajstić information content (AvgIpc) is 2.30. The standard InChI is InChI=1S/C14H16ClNO3/c15-11-4-2-10(3-5-11)8-12(17)16-9-14(13(18)19)6-1-7-14/h2-5H,1,6-9H2,(H,16,17)(H,18,19). The number of hydrogen-bond donors (Lipinski definition) is 2. The lowest BCUT2D eigenvalue weighted by Gasteiger charge is -2.37. The number of hydrogen-bond acceptors (Lipinski definition) is 2. The van der Waals surface area contributed by atoms with Crippen LogP contribution in [0.25, 0.3) is 0 Å². The number of carbonyl (C=O) groups excluding carboxylic acids is 1. The molecule has 19 heavy (non-hydrogen) atoms. The molecule has 102 valence electrons. The fourth-order valence-corrected chi connectivity index (χ4v) is 2.31. The summed E-state index contributed by atoms with van der Waals surface area (Å²) in [6, 6.07) is 7.04. The fraction of sp³-hybridized carbons (Fsp3) is 0.429. The quantitative estimate of drug-likeness (QED) is 0.870. The molecule has 1 fully saturated rings. The maximum atomic E-state index is 11.8. The molecule has 0 atom stereocenters. The molecule has 1 aliphatic rings. The smallest absolute Gasteiger partial charge is 0.311 e. The van der Waals surface area contributed by atoms with Crippen LogP contribution < -0.4 is 5.32 Å². The van der Waals surface area contributed by atoms with E-state index in [9.17, 15) is 9.59 Å². The number of carbonyl (C=O) groups is 2. The summed E-state index contributed by atoms with van der Waals surface area (Å²) >= 11 is 5.76. The Bertz CT molecular complexity index is 480. The highest BCUT2D eigenvalue weighted by Crippen LogP contribution is 2.40. The third kappa shape index (κ3) is 3.26. The number of nitrogens with one attached hydrogen (secondary N) is 1. The van der Waals surface area contributed by atoms with Gasteiger partial charge in [0.2, 0.25) is 5.91 Å². The number of carboxylic acids is 1. The van der Waals surface area contributed by atoms with Crippen molar-refractivity contribution in [2.24, 2.45) is 5.41 Å². The third-order valence-corrected chi connectivity index (χ3v) is 3.92. The molecule has 1 amide bonds. The van der Waals surface area contributed by atoms with Crippen molar-refractivity contribution in [3.63, 3.8) is 0 Å². The van der Waals surface area contributed by atoms with Crippen LogP contribution in [-0.2, 0) is 16.0 Å². The van der Waals surface area contributed by atoms with E-state index in [0.29, 0.717) is 17.9 Å².